The second-order valence-corrected chi connectivity index (χ2v) is 8.92. The number of aliphatic hydroxyl groups is 1. The van der Waals surface area contributed by atoms with Crippen molar-refractivity contribution in [3.05, 3.63) is 71.5 Å². The van der Waals surface area contributed by atoms with Crippen LogP contribution in [0.5, 0.6) is 0 Å². The SMILES string of the molecule is CC(C)(C)C(C(=O)OCc1ccccc1)N1CC(CO)C(c2cccc(F)c2)C1. The number of likely N-dealkylation sites (tertiary alicyclic amines) is 1. The predicted octanol–water partition coefficient (Wildman–Crippen LogP) is 3.99. The fraction of sp³-hybridized carbons (Fsp3) is 0.458. The minimum atomic E-state index is -0.446. The van der Waals surface area contributed by atoms with E-state index in [1.807, 2.05) is 57.2 Å². The molecule has 0 saturated carbocycles. The second-order valence-electron chi connectivity index (χ2n) is 8.92. The Hall–Kier alpha value is -2.24. The quantitative estimate of drug-likeness (QED) is 0.746. The van der Waals surface area contributed by atoms with Crippen LogP contribution in [0.4, 0.5) is 4.39 Å². The van der Waals surface area contributed by atoms with Gasteiger partial charge in [0.2, 0.25) is 0 Å². The van der Waals surface area contributed by atoms with Crippen LogP contribution in [-0.4, -0.2) is 41.7 Å². The van der Waals surface area contributed by atoms with E-state index >= 15 is 0 Å². The van der Waals surface area contributed by atoms with Crippen LogP contribution in [0.3, 0.4) is 0 Å². The van der Waals surface area contributed by atoms with Gasteiger partial charge < -0.3 is 9.84 Å². The average Bonchev–Trinajstić information content (AvgIpc) is 3.10. The lowest BCUT2D eigenvalue weighted by Gasteiger charge is -2.36. The van der Waals surface area contributed by atoms with E-state index in [4.69, 9.17) is 4.74 Å². The van der Waals surface area contributed by atoms with Crippen LogP contribution < -0.4 is 0 Å². The third kappa shape index (κ3) is 5.22. The lowest BCUT2D eigenvalue weighted by atomic mass is 9.85. The fourth-order valence-corrected chi connectivity index (χ4v) is 4.27. The number of carbonyl (C=O) groups is 1. The van der Waals surface area contributed by atoms with E-state index in [2.05, 4.69) is 4.90 Å². The third-order valence-corrected chi connectivity index (χ3v) is 5.61. The largest absolute Gasteiger partial charge is 0.460 e. The topological polar surface area (TPSA) is 49.8 Å². The summed E-state index contributed by atoms with van der Waals surface area (Å²) in [6.45, 7) is 7.43. The van der Waals surface area contributed by atoms with E-state index in [-0.39, 0.29) is 42.3 Å². The summed E-state index contributed by atoms with van der Waals surface area (Å²) in [5.41, 5.74) is 1.46. The Morgan fingerprint density at radius 3 is 2.52 bits per heavy atom. The molecular weight excluding hydrogens is 369 g/mol. The Balaban J connectivity index is 1.77. The number of aliphatic hydroxyl groups excluding tert-OH is 1. The Labute approximate surface area is 172 Å². The molecule has 2 aromatic carbocycles. The maximum absolute atomic E-state index is 13.7. The summed E-state index contributed by atoms with van der Waals surface area (Å²) in [7, 11) is 0. The number of halogens is 1. The Morgan fingerprint density at radius 2 is 1.90 bits per heavy atom. The number of carbonyl (C=O) groups excluding carboxylic acids is 1. The van der Waals surface area contributed by atoms with Crippen LogP contribution >= 0.6 is 0 Å². The van der Waals surface area contributed by atoms with Gasteiger partial charge >= 0.3 is 5.97 Å². The molecule has 0 amide bonds. The standard InChI is InChI=1S/C24H30FNO3/c1-24(2,3)22(23(28)29-16-17-8-5-4-6-9-17)26-13-19(15-27)21(14-26)18-10-7-11-20(25)12-18/h4-12,19,21-22,27H,13-16H2,1-3H3. The number of hydrogen-bond donors (Lipinski definition) is 1. The fourth-order valence-electron chi connectivity index (χ4n) is 4.27. The van der Waals surface area contributed by atoms with Crippen LogP contribution in [0.15, 0.2) is 54.6 Å². The summed E-state index contributed by atoms with van der Waals surface area (Å²) in [6, 6.07) is 15.7. The summed E-state index contributed by atoms with van der Waals surface area (Å²) in [6.07, 6.45) is 0. The minimum Gasteiger partial charge on any atom is -0.460 e. The van der Waals surface area contributed by atoms with Gasteiger partial charge in [-0.3, -0.25) is 9.69 Å². The predicted molar refractivity (Wildman–Crippen MR) is 111 cm³/mol. The van der Waals surface area contributed by atoms with Crippen molar-refractivity contribution in [2.24, 2.45) is 11.3 Å². The van der Waals surface area contributed by atoms with E-state index in [0.29, 0.717) is 13.1 Å². The first-order valence-corrected chi connectivity index (χ1v) is 10.1. The maximum Gasteiger partial charge on any atom is 0.324 e. The molecular formula is C24H30FNO3. The zero-order valence-electron chi connectivity index (χ0n) is 17.3. The van der Waals surface area contributed by atoms with Crippen LogP contribution in [0, 0.1) is 17.2 Å². The number of esters is 1. The van der Waals surface area contributed by atoms with Gasteiger partial charge in [-0.05, 0) is 28.7 Å². The van der Waals surface area contributed by atoms with Crippen molar-refractivity contribution in [1.29, 1.82) is 0 Å². The number of benzene rings is 2. The zero-order valence-corrected chi connectivity index (χ0v) is 17.3. The number of rotatable bonds is 6. The second kappa shape index (κ2) is 9.06. The molecule has 2 aromatic rings. The Bertz CT molecular complexity index is 818. The highest BCUT2D eigenvalue weighted by Gasteiger charge is 2.44. The number of nitrogens with zero attached hydrogens (tertiary/aromatic N) is 1. The molecule has 1 aliphatic heterocycles. The summed E-state index contributed by atoms with van der Waals surface area (Å²) < 4.78 is 19.4. The molecule has 1 aliphatic rings. The molecule has 29 heavy (non-hydrogen) atoms. The molecule has 0 radical (unpaired) electrons. The lowest BCUT2D eigenvalue weighted by molar-refractivity contribution is -0.155. The molecule has 0 aliphatic carbocycles. The van der Waals surface area contributed by atoms with Crippen molar-refractivity contribution < 1.29 is 19.0 Å². The van der Waals surface area contributed by atoms with Gasteiger partial charge in [0.1, 0.15) is 18.5 Å². The Kier molecular flexibility index (Phi) is 6.70. The lowest BCUT2D eigenvalue weighted by Crippen LogP contribution is -2.49. The molecule has 1 N–H and O–H groups in total. The number of ether oxygens (including phenoxy) is 1. The van der Waals surface area contributed by atoms with Gasteiger partial charge in [0.15, 0.2) is 0 Å². The highest BCUT2D eigenvalue weighted by Crippen LogP contribution is 2.37. The first-order chi connectivity index (χ1) is 13.8. The molecule has 3 rings (SSSR count). The highest BCUT2D eigenvalue weighted by atomic mass is 19.1. The van der Waals surface area contributed by atoms with E-state index < -0.39 is 6.04 Å². The van der Waals surface area contributed by atoms with E-state index in [0.717, 1.165) is 11.1 Å². The van der Waals surface area contributed by atoms with Crippen LogP contribution in [0.1, 0.15) is 37.8 Å². The van der Waals surface area contributed by atoms with E-state index in [9.17, 15) is 14.3 Å². The molecule has 5 heteroatoms. The summed E-state index contributed by atoms with van der Waals surface area (Å²) in [5, 5.41) is 9.92. The van der Waals surface area contributed by atoms with Crippen LogP contribution in [-0.2, 0) is 16.1 Å². The van der Waals surface area contributed by atoms with E-state index in [1.165, 1.54) is 12.1 Å². The number of hydrogen-bond acceptors (Lipinski definition) is 4. The van der Waals surface area contributed by atoms with Gasteiger partial charge in [-0.15, -0.1) is 0 Å². The van der Waals surface area contributed by atoms with Crippen molar-refractivity contribution in [3.8, 4) is 0 Å². The van der Waals surface area contributed by atoms with Gasteiger partial charge in [-0.1, -0.05) is 63.2 Å². The van der Waals surface area contributed by atoms with Crippen molar-refractivity contribution in [1.82, 2.24) is 4.90 Å². The van der Waals surface area contributed by atoms with Gasteiger partial charge in [0, 0.05) is 31.5 Å². The van der Waals surface area contributed by atoms with Crippen LogP contribution in [0.25, 0.3) is 0 Å². The van der Waals surface area contributed by atoms with Crippen molar-refractivity contribution in [2.45, 2.75) is 39.3 Å². The summed E-state index contributed by atoms with van der Waals surface area (Å²) in [4.78, 5) is 15.1. The van der Waals surface area contributed by atoms with Crippen molar-refractivity contribution in [3.63, 3.8) is 0 Å². The van der Waals surface area contributed by atoms with Gasteiger partial charge in [0.05, 0.1) is 0 Å². The Morgan fingerprint density at radius 1 is 1.17 bits per heavy atom. The van der Waals surface area contributed by atoms with Crippen molar-refractivity contribution in [2.75, 3.05) is 19.7 Å². The molecule has 3 unspecified atom stereocenters. The molecule has 1 saturated heterocycles. The first kappa shape index (κ1) is 21.5. The van der Waals surface area contributed by atoms with E-state index in [1.54, 1.807) is 6.07 Å². The third-order valence-electron chi connectivity index (χ3n) is 5.61. The highest BCUT2D eigenvalue weighted by molar-refractivity contribution is 5.77. The molecule has 0 spiro atoms. The van der Waals surface area contributed by atoms with Gasteiger partial charge in [0.25, 0.3) is 0 Å². The zero-order chi connectivity index (χ0) is 21.0. The monoisotopic (exact) mass is 399 g/mol. The first-order valence-electron chi connectivity index (χ1n) is 10.1. The maximum atomic E-state index is 13.7. The summed E-state index contributed by atoms with van der Waals surface area (Å²) in [5.74, 6) is -0.628. The van der Waals surface area contributed by atoms with Crippen molar-refractivity contribution >= 4 is 5.97 Å². The summed E-state index contributed by atoms with van der Waals surface area (Å²) >= 11 is 0. The molecule has 3 atom stereocenters. The minimum absolute atomic E-state index is 0.00634. The molecule has 0 aromatic heterocycles. The molecule has 156 valence electrons. The molecule has 0 bridgehead atoms. The molecule has 1 heterocycles. The molecule has 4 nitrogen and oxygen atoms in total. The van der Waals surface area contributed by atoms with Gasteiger partial charge in [-0.25, -0.2) is 4.39 Å². The normalized spacial score (nSPS) is 21.1. The average molecular weight is 400 g/mol. The van der Waals surface area contributed by atoms with Crippen LogP contribution in [0.2, 0.25) is 0 Å². The smallest absolute Gasteiger partial charge is 0.324 e. The van der Waals surface area contributed by atoms with Gasteiger partial charge in [-0.2, -0.15) is 0 Å². The molecule has 1 fully saturated rings.